The molecular formula is C72H69N4OPt-3. The summed E-state index contributed by atoms with van der Waals surface area (Å²) in [5.74, 6) is 2.54. The Morgan fingerprint density at radius 3 is 1.71 bits per heavy atom. The third kappa shape index (κ3) is 10.3. The van der Waals surface area contributed by atoms with E-state index in [1.165, 1.54) is 44.5 Å². The van der Waals surface area contributed by atoms with Gasteiger partial charge in [0.25, 0.3) is 0 Å². The second-order valence-corrected chi connectivity index (χ2v) is 23.5. The zero-order valence-electron chi connectivity index (χ0n) is 46.8. The van der Waals surface area contributed by atoms with Crippen LogP contribution in [-0.2, 0) is 37.3 Å². The van der Waals surface area contributed by atoms with Gasteiger partial charge in [0.15, 0.2) is 0 Å². The van der Waals surface area contributed by atoms with Gasteiger partial charge in [0.05, 0.1) is 0 Å². The third-order valence-electron chi connectivity index (χ3n) is 15.9. The van der Waals surface area contributed by atoms with Crippen LogP contribution in [0.2, 0.25) is 0 Å². The molecule has 0 spiro atoms. The van der Waals surface area contributed by atoms with E-state index in [0.29, 0.717) is 11.5 Å². The molecule has 0 radical (unpaired) electrons. The van der Waals surface area contributed by atoms with Crippen LogP contribution >= 0.6 is 0 Å². The fraction of sp³-hybridized carbons (Fsp3) is 0.222. The predicted molar refractivity (Wildman–Crippen MR) is 322 cm³/mol. The Balaban J connectivity index is 0.00000688. The first-order chi connectivity index (χ1) is 36.9. The predicted octanol–water partition coefficient (Wildman–Crippen LogP) is 18.9. The Morgan fingerprint density at radius 2 is 1.10 bits per heavy atom. The summed E-state index contributed by atoms with van der Waals surface area (Å²) in [6.45, 7) is 27.6. The Hall–Kier alpha value is -7.46. The van der Waals surface area contributed by atoms with Crippen molar-refractivity contribution in [1.29, 1.82) is 0 Å². The van der Waals surface area contributed by atoms with E-state index in [9.17, 15) is 0 Å². The molecule has 0 aliphatic carbocycles. The Labute approximate surface area is 477 Å². The van der Waals surface area contributed by atoms with Gasteiger partial charge in [-0.3, -0.25) is 0 Å². The Morgan fingerprint density at radius 1 is 0.513 bits per heavy atom. The van der Waals surface area contributed by atoms with Crippen molar-refractivity contribution in [2.75, 3.05) is 9.80 Å². The minimum absolute atomic E-state index is 0. The molecule has 0 amide bonds. The van der Waals surface area contributed by atoms with Gasteiger partial charge < -0.3 is 19.1 Å². The number of pyridine rings is 1. The van der Waals surface area contributed by atoms with Crippen LogP contribution in [-0.4, -0.2) is 9.55 Å². The van der Waals surface area contributed by atoms with Crippen molar-refractivity contribution in [2.24, 2.45) is 0 Å². The Kier molecular flexibility index (Phi) is 14.8. The molecule has 1 aliphatic heterocycles. The molecule has 5 nitrogen and oxygen atoms in total. The molecule has 11 rings (SSSR count). The van der Waals surface area contributed by atoms with Gasteiger partial charge in [-0.15, -0.1) is 53.6 Å². The van der Waals surface area contributed by atoms with E-state index >= 15 is 0 Å². The molecule has 8 aromatic carbocycles. The number of benzene rings is 8. The zero-order valence-corrected chi connectivity index (χ0v) is 49.1. The summed E-state index contributed by atoms with van der Waals surface area (Å²) in [5.41, 5.74) is 16.5. The first-order valence-corrected chi connectivity index (χ1v) is 27.2. The fourth-order valence-corrected chi connectivity index (χ4v) is 11.1. The van der Waals surface area contributed by atoms with E-state index in [1.807, 2.05) is 12.3 Å². The number of nitrogens with zero attached hydrogens (tertiary/aromatic N) is 4. The fourth-order valence-electron chi connectivity index (χ4n) is 11.1. The van der Waals surface area contributed by atoms with E-state index < -0.39 is 0 Å². The largest absolute Gasteiger partial charge is 0.509 e. The molecule has 0 atom stereocenters. The van der Waals surface area contributed by atoms with Crippen LogP contribution in [0.1, 0.15) is 133 Å². The van der Waals surface area contributed by atoms with Crippen LogP contribution in [0.3, 0.4) is 0 Å². The van der Waals surface area contributed by atoms with E-state index in [1.54, 1.807) is 0 Å². The standard InChI is InChI=1S/C72H69N4O.Pt/c1-48(2)61-31-23-32-62(49(3)4)69(61)67-46-74(57-41-55(71(8,9)52-26-17-13-18-27-52)40-56(42-57)72(10,11)53-28-19-14-20-29-53)47-75(67)58-38-51(50-24-15-12-16-25-50)39-60(44-58)77-59-34-35-64-63-30-21-22-33-65(63)76(66(64)45-59)68-43-54(36-37-73-68)70(5,6)7;/h12-43,46-49H,1-11H3;/q-3;. The van der Waals surface area contributed by atoms with Crippen molar-refractivity contribution in [3.63, 3.8) is 0 Å². The van der Waals surface area contributed by atoms with E-state index in [0.717, 1.165) is 55.8 Å². The normalized spacial score (nSPS) is 13.2. The maximum atomic E-state index is 7.06. The maximum absolute atomic E-state index is 7.06. The molecule has 10 aromatic rings. The summed E-state index contributed by atoms with van der Waals surface area (Å²) in [5, 5.41) is 2.21. The molecule has 0 saturated heterocycles. The van der Waals surface area contributed by atoms with Crippen LogP contribution in [0.15, 0.2) is 200 Å². The zero-order chi connectivity index (χ0) is 53.8. The molecule has 0 fully saturated rings. The van der Waals surface area contributed by atoms with Gasteiger partial charge in [0.2, 0.25) is 0 Å². The van der Waals surface area contributed by atoms with Gasteiger partial charge in [0, 0.05) is 72.1 Å². The first kappa shape index (κ1) is 53.9. The summed E-state index contributed by atoms with van der Waals surface area (Å²) in [6.07, 6.45) is 4.26. The number of aromatic nitrogens is 2. The van der Waals surface area contributed by atoms with Gasteiger partial charge in [-0.1, -0.05) is 215 Å². The molecular weight excluding hydrogens is 1130 g/mol. The van der Waals surface area contributed by atoms with Crippen LogP contribution in [0.25, 0.3) is 44.4 Å². The molecule has 0 saturated carbocycles. The second-order valence-electron chi connectivity index (χ2n) is 23.5. The van der Waals surface area contributed by atoms with Crippen molar-refractivity contribution in [2.45, 2.75) is 104 Å². The van der Waals surface area contributed by atoms with Crippen molar-refractivity contribution < 1.29 is 25.8 Å². The molecule has 396 valence electrons. The van der Waals surface area contributed by atoms with E-state index in [2.05, 4.69) is 298 Å². The molecule has 2 aromatic heterocycles. The average Bonchev–Trinajstić information content (AvgIpc) is 4.23. The number of rotatable bonds is 13. The van der Waals surface area contributed by atoms with E-state index in [4.69, 9.17) is 9.72 Å². The second kappa shape index (κ2) is 21.4. The van der Waals surface area contributed by atoms with Gasteiger partial charge in [0.1, 0.15) is 5.82 Å². The summed E-state index contributed by atoms with van der Waals surface area (Å²) >= 11 is 0. The molecule has 0 N–H and O–H groups in total. The monoisotopic (exact) mass is 1200 g/mol. The minimum Gasteiger partial charge on any atom is -0.509 e. The molecule has 78 heavy (non-hydrogen) atoms. The van der Waals surface area contributed by atoms with Crippen molar-refractivity contribution in [1.82, 2.24) is 9.55 Å². The average molecular weight is 1200 g/mol. The maximum Gasteiger partial charge on any atom is 0.135 e. The van der Waals surface area contributed by atoms with Crippen LogP contribution in [0.5, 0.6) is 11.5 Å². The number of ether oxygens (including phenoxy) is 1. The number of para-hydroxylation sites is 1. The summed E-state index contributed by atoms with van der Waals surface area (Å²) in [6, 6.07) is 75.3. The Bertz CT molecular complexity index is 3710. The van der Waals surface area contributed by atoms with Crippen molar-refractivity contribution >= 4 is 38.9 Å². The van der Waals surface area contributed by atoms with Crippen LogP contribution in [0, 0.1) is 18.8 Å². The quantitative estimate of drug-likeness (QED) is 0.108. The van der Waals surface area contributed by atoms with Gasteiger partial charge in [-0.25, -0.2) is 4.98 Å². The molecule has 1 aliphatic rings. The SMILES string of the molecule is CC(C)c1cccc(C(C)C)c1C1=CN(c2cc(C(C)(C)c3ccccc3)cc(C(C)(C)c3ccccc3)c2)[CH-]N1c1[c-]c(Oc2[c-]c3c(cc2)c2ccccc2n3-c2cc(C(C)(C)C)ccn2)cc(-c2ccccc2)c1.[Pt]. The third-order valence-corrected chi connectivity index (χ3v) is 15.9. The number of anilines is 2. The number of hydrogen-bond donors (Lipinski definition) is 0. The number of fused-ring (bicyclic) bond motifs is 3. The van der Waals surface area contributed by atoms with E-state index in [-0.39, 0.29) is 49.1 Å². The summed E-state index contributed by atoms with van der Waals surface area (Å²) in [7, 11) is 0. The minimum atomic E-state index is -0.300. The van der Waals surface area contributed by atoms with Gasteiger partial charge >= 0.3 is 0 Å². The smallest absolute Gasteiger partial charge is 0.135 e. The molecule has 0 unspecified atom stereocenters. The van der Waals surface area contributed by atoms with Crippen molar-refractivity contribution in [3.05, 3.63) is 264 Å². The number of hydrogen-bond acceptors (Lipinski definition) is 4. The topological polar surface area (TPSA) is 33.5 Å². The summed E-state index contributed by atoms with van der Waals surface area (Å²) in [4.78, 5) is 9.61. The first-order valence-electron chi connectivity index (χ1n) is 27.2. The molecule has 6 heteroatoms. The van der Waals surface area contributed by atoms with Crippen LogP contribution in [0.4, 0.5) is 11.4 Å². The van der Waals surface area contributed by atoms with Crippen molar-refractivity contribution in [3.8, 4) is 28.4 Å². The van der Waals surface area contributed by atoms with Gasteiger partial charge in [-0.2, -0.15) is 6.07 Å². The summed E-state index contributed by atoms with van der Waals surface area (Å²) < 4.78 is 9.28. The molecule has 0 bridgehead atoms. The van der Waals surface area contributed by atoms with Crippen LogP contribution < -0.4 is 14.5 Å². The molecule has 3 heterocycles. The van der Waals surface area contributed by atoms with Gasteiger partial charge in [-0.05, 0) is 104 Å².